The summed E-state index contributed by atoms with van der Waals surface area (Å²) in [5.41, 5.74) is 1.06. The van der Waals surface area contributed by atoms with E-state index in [1.54, 1.807) is 32.1 Å². The van der Waals surface area contributed by atoms with E-state index in [4.69, 9.17) is 9.72 Å². The Kier molecular flexibility index (Phi) is 10.5. The monoisotopic (exact) mass is 546 g/mol. The molecule has 2 aliphatic rings. The van der Waals surface area contributed by atoms with Crippen LogP contribution >= 0.6 is 11.3 Å². The summed E-state index contributed by atoms with van der Waals surface area (Å²) in [6, 6.07) is 0. The summed E-state index contributed by atoms with van der Waals surface area (Å²) in [5, 5.41) is 22.9. The van der Waals surface area contributed by atoms with Gasteiger partial charge in [0.25, 0.3) is 0 Å². The molecule has 0 saturated carbocycles. The van der Waals surface area contributed by atoms with Gasteiger partial charge in [-0.25, -0.2) is 4.98 Å². The van der Waals surface area contributed by atoms with Crippen molar-refractivity contribution in [3.8, 4) is 0 Å². The second kappa shape index (κ2) is 13.0. The first-order valence-electron chi connectivity index (χ1n) is 13.9. The number of rotatable bonds is 3. The van der Waals surface area contributed by atoms with Crippen LogP contribution in [0.15, 0.2) is 17.7 Å². The fraction of sp³-hybridized carbons (Fsp3) is 0.700. The lowest BCUT2D eigenvalue weighted by Gasteiger charge is -2.34. The molecule has 38 heavy (non-hydrogen) atoms. The number of carbonyl (C=O) groups is 2. The number of allylic oxidation sites excluding steroid dienone is 1. The summed E-state index contributed by atoms with van der Waals surface area (Å²) >= 11 is 1.70. The lowest BCUT2D eigenvalue weighted by atomic mass is 9.73. The standard InChI is InChI=1S/C30H46N2O5S/c1-18-9-8-10-19(2)28(35)20(3)29(36)30(4,5)25(33)16-27(34)37-23(13-11-18)21-12-14-24-22(15-21)31-26(38-24)17-32(6)7/h11-12,14,19-21,23,25,28,33,35H,8-10,13,15-17H2,1-7H3/b18-11-/t19-,20+,21?,23-,25-,28-/m0/s1. The Hall–Kier alpha value is -1.87. The molecule has 0 spiro atoms. The Bertz CT molecular complexity index is 1040. The van der Waals surface area contributed by atoms with Gasteiger partial charge in [0, 0.05) is 31.2 Å². The number of fused-ring (bicyclic) bond motifs is 1. The number of aliphatic hydroxyl groups is 2. The highest BCUT2D eigenvalue weighted by Gasteiger charge is 2.42. The van der Waals surface area contributed by atoms with Crippen molar-refractivity contribution in [2.75, 3.05) is 14.1 Å². The zero-order chi connectivity index (χ0) is 28.2. The molecule has 1 aromatic heterocycles. The molecule has 6 atom stereocenters. The molecule has 0 saturated heterocycles. The second-order valence-corrected chi connectivity index (χ2v) is 13.3. The Balaban J connectivity index is 1.83. The van der Waals surface area contributed by atoms with E-state index in [2.05, 4.69) is 30.1 Å². The molecule has 0 bridgehead atoms. The largest absolute Gasteiger partial charge is 0.461 e. The van der Waals surface area contributed by atoms with E-state index in [0.29, 0.717) is 12.8 Å². The second-order valence-electron chi connectivity index (χ2n) is 12.2. The van der Waals surface area contributed by atoms with E-state index in [0.717, 1.165) is 41.4 Å². The van der Waals surface area contributed by atoms with E-state index in [9.17, 15) is 19.8 Å². The summed E-state index contributed by atoms with van der Waals surface area (Å²) in [4.78, 5) is 34.5. The normalized spacial score (nSPS) is 32.9. The quantitative estimate of drug-likeness (QED) is 0.415. The van der Waals surface area contributed by atoms with Gasteiger partial charge in [-0.15, -0.1) is 11.3 Å². The van der Waals surface area contributed by atoms with Crippen LogP contribution in [0, 0.1) is 23.2 Å². The third kappa shape index (κ3) is 7.62. The number of esters is 1. The number of ether oxygens (including phenoxy) is 1. The molecule has 7 nitrogen and oxygen atoms in total. The summed E-state index contributed by atoms with van der Waals surface area (Å²) in [6.45, 7) is 9.85. The molecular weight excluding hydrogens is 500 g/mol. The van der Waals surface area contributed by atoms with Crippen LogP contribution in [0.1, 0.15) is 82.3 Å². The first-order chi connectivity index (χ1) is 17.8. The summed E-state index contributed by atoms with van der Waals surface area (Å²) < 4.78 is 6.00. The van der Waals surface area contributed by atoms with E-state index in [1.165, 1.54) is 5.57 Å². The maximum Gasteiger partial charge on any atom is 0.308 e. The van der Waals surface area contributed by atoms with Crippen molar-refractivity contribution < 1.29 is 24.5 Å². The highest BCUT2D eigenvalue weighted by Crippen LogP contribution is 2.34. The smallest absolute Gasteiger partial charge is 0.308 e. The molecule has 2 heterocycles. The molecule has 212 valence electrons. The number of hydrogen-bond donors (Lipinski definition) is 2. The number of carbonyl (C=O) groups excluding carboxylic acids is 2. The van der Waals surface area contributed by atoms with Gasteiger partial charge in [-0.2, -0.15) is 0 Å². The number of Topliss-reactive ketones (excluding diaryl/α,β-unsaturated/α-hetero) is 1. The van der Waals surface area contributed by atoms with Gasteiger partial charge in [-0.05, 0) is 52.3 Å². The zero-order valence-electron chi connectivity index (χ0n) is 24.1. The molecule has 0 amide bonds. The predicted octanol–water partition coefficient (Wildman–Crippen LogP) is 4.80. The third-order valence-corrected chi connectivity index (χ3v) is 9.22. The fourth-order valence-electron chi connectivity index (χ4n) is 5.42. The molecule has 1 unspecified atom stereocenters. The van der Waals surface area contributed by atoms with Gasteiger partial charge in [-0.1, -0.05) is 45.4 Å². The maximum atomic E-state index is 13.3. The maximum absolute atomic E-state index is 13.3. The molecule has 0 radical (unpaired) electrons. The van der Waals surface area contributed by atoms with Crippen molar-refractivity contribution >= 4 is 29.2 Å². The SMILES string of the molecule is C/C1=C/C[C@@H](C2C=Cc3sc(CN(C)C)nc3C2)OC(=O)C[C@H](O)C(C)(C)C(=O)[C@H](C)[C@@H](O)[C@@H](C)CCC1. The Labute approximate surface area is 232 Å². The van der Waals surface area contributed by atoms with Crippen LogP contribution in [-0.4, -0.2) is 64.3 Å². The van der Waals surface area contributed by atoms with Crippen LogP contribution in [-0.2, 0) is 27.3 Å². The van der Waals surface area contributed by atoms with Crippen LogP contribution in [0.4, 0.5) is 0 Å². The number of thiazole rings is 1. The van der Waals surface area contributed by atoms with Crippen molar-refractivity contribution in [1.82, 2.24) is 9.88 Å². The number of ketones is 1. The van der Waals surface area contributed by atoms with Gasteiger partial charge in [0.2, 0.25) is 0 Å². The molecule has 2 N–H and O–H groups in total. The number of hydrogen-bond acceptors (Lipinski definition) is 8. The van der Waals surface area contributed by atoms with Crippen LogP contribution in [0.2, 0.25) is 0 Å². The molecule has 0 fully saturated rings. The fourth-order valence-corrected chi connectivity index (χ4v) is 6.54. The third-order valence-electron chi connectivity index (χ3n) is 8.17. The highest BCUT2D eigenvalue weighted by molar-refractivity contribution is 7.12. The Morgan fingerprint density at radius 3 is 2.58 bits per heavy atom. The predicted molar refractivity (Wildman–Crippen MR) is 152 cm³/mol. The van der Waals surface area contributed by atoms with Crippen LogP contribution in [0.3, 0.4) is 0 Å². The van der Waals surface area contributed by atoms with Crippen molar-refractivity contribution in [3.05, 3.63) is 33.3 Å². The van der Waals surface area contributed by atoms with Crippen LogP contribution in [0.5, 0.6) is 0 Å². The van der Waals surface area contributed by atoms with E-state index in [-0.39, 0.29) is 30.1 Å². The molecule has 1 aliphatic heterocycles. The topological polar surface area (TPSA) is 100.0 Å². The van der Waals surface area contributed by atoms with E-state index < -0.39 is 29.5 Å². The average Bonchev–Trinajstić information content (AvgIpc) is 3.24. The number of cyclic esters (lactones) is 1. The van der Waals surface area contributed by atoms with Gasteiger partial charge in [-0.3, -0.25) is 9.59 Å². The van der Waals surface area contributed by atoms with Gasteiger partial charge in [0.15, 0.2) is 0 Å². The first kappa shape index (κ1) is 30.7. The minimum atomic E-state index is -1.21. The van der Waals surface area contributed by atoms with Crippen molar-refractivity contribution in [2.45, 2.75) is 98.0 Å². The molecule has 3 rings (SSSR count). The molecule has 1 aromatic rings. The number of aliphatic hydroxyl groups excluding tert-OH is 2. The minimum Gasteiger partial charge on any atom is -0.461 e. The molecular formula is C30H46N2O5S. The number of nitrogens with zero attached hydrogens (tertiary/aromatic N) is 2. The van der Waals surface area contributed by atoms with Gasteiger partial charge >= 0.3 is 5.97 Å². The zero-order valence-corrected chi connectivity index (χ0v) is 24.9. The number of aromatic nitrogens is 1. The summed E-state index contributed by atoms with van der Waals surface area (Å²) in [7, 11) is 4.05. The first-order valence-corrected chi connectivity index (χ1v) is 14.7. The molecule has 1 aliphatic carbocycles. The van der Waals surface area contributed by atoms with Gasteiger partial charge in [0.1, 0.15) is 16.9 Å². The Morgan fingerprint density at radius 2 is 1.89 bits per heavy atom. The van der Waals surface area contributed by atoms with Crippen LogP contribution in [0.25, 0.3) is 6.08 Å². The molecule has 0 aromatic carbocycles. The van der Waals surface area contributed by atoms with E-state index in [1.807, 2.05) is 21.0 Å². The highest BCUT2D eigenvalue weighted by atomic mass is 32.1. The van der Waals surface area contributed by atoms with Gasteiger partial charge in [0.05, 0.1) is 34.6 Å². The summed E-state index contributed by atoms with van der Waals surface area (Å²) in [5.74, 6) is -1.46. The van der Waals surface area contributed by atoms with Crippen molar-refractivity contribution in [1.29, 1.82) is 0 Å². The summed E-state index contributed by atoms with van der Waals surface area (Å²) in [6.07, 6.45) is 7.55. The minimum absolute atomic E-state index is 0.0225. The van der Waals surface area contributed by atoms with Crippen molar-refractivity contribution in [2.24, 2.45) is 23.2 Å². The van der Waals surface area contributed by atoms with Gasteiger partial charge < -0.3 is 19.8 Å². The Morgan fingerprint density at radius 1 is 1.18 bits per heavy atom. The lowest BCUT2D eigenvalue weighted by molar-refractivity contribution is -0.157. The lowest BCUT2D eigenvalue weighted by Crippen LogP contribution is -2.45. The van der Waals surface area contributed by atoms with Crippen LogP contribution < -0.4 is 0 Å². The molecule has 8 heteroatoms. The van der Waals surface area contributed by atoms with E-state index >= 15 is 0 Å². The average molecular weight is 547 g/mol. The van der Waals surface area contributed by atoms with Crippen molar-refractivity contribution in [3.63, 3.8) is 0 Å².